The molecule has 106 valence electrons. The number of nitrogens with one attached hydrogen (secondary N) is 1. The van der Waals surface area contributed by atoms with Gasteiger partial charge in [0.1, 0.15) is 5.82 Å². The van der Waals surface area contributed by atoms with E-state index in [4.69, 9.17) is 0 Å². The largest absolute Gasteiger partial charge is 0.311 e. The Kier molecular flexibility index (Phi) is 3.77. The fourth-order valence-corrected chi connectivity index (χ4v) is 2.35. The summed E-state index contributed by atoms with van der Waals surface area (Å²) >= 11 is 0. The van der Waals surface area contributed by atoms with Crippen molar-refractivity contribution >= 4 is 23.1 Å². The maximum atomic E-state index is 11.9. The summed E-state index contributed by atoms with van der Waals surface area (Å²) in [5.74, 6) is 0.576. The number of carbonyl (C=O) groups excluding carboxylic acids is 1. The van der Waals surface area contributed by atoms with E-state index in [9.17, 15) is 4.79 Å². The van der Waals surface area contributed by atoms with E-state index in [0.29, 0.717) is 18.7 Å². The summed E-state index contributed by atoms with van der Waals surface area (Å²) in [6.45, 7) is 1.97. The maximum Gasteiger partial charge on any atom is 0.225 e. The quantitative estimate of drug-likeness (QED) is 0.932. The van der Waals surface area contributed by atoms with Crippen LogP contribution in [0.5, 0.6) is 0 Å². The summed E-state index contributed by atoms with van der Waals surface area (Å²) in [7, 11) is 0. The molecule has 0 aliphatic carbocycles. The van der Waals surface area contributed by atoms with Crippen molar-refractivity contribution < 1.29 is 4.79 Å². The van der Waals surface area contributed by atoms with Gasteiger partial charge in [0.2, 0.25) is 5.91 Å². The smallest absolute Gasteiger partial charge is 0.225 e. The van der Waals surface area contributed by atoms with Gasteiger partial charge in [-0.2, -0.15) is 0 Å². The van der Waals surface area contributed by atoms with Crippen LogP contribution in [-0.2, 0) is 11.2 Å². The third kappa shape index (κ3) is 3.34. The summed E-state index contributed by atoms with van der Waals surface area (Å²) in [6.07, 6.45) is 3.72. The third-order valence-corrected chi connectivity index (χ3v) is 3.48. The Balaban J connectivity index is 1.52. The molecule has 1 aromatic carbocycles. The van der Waals surface area contributed by atoms with Gasteiger partial charge in [-0.15, -0.1) is 0 Å². The molecule has 2 aromatic rings. The molecule has 3 rings (SSSR count). The molecule has 0 bridgehead atoms. The number of fused-ring (bicyclic) bond motifs is 1. The highest BCUT2D eigenvalue weighted by Gasteiger charge is 2.14. The van der Waals surface area contributed by atoms with Crippen molar-refractivity contribution in [2.24, 2.45) is 4.99 Å². The number of anilines is 1. The minimum Gasteiger partial charge on any atom is -0.311 e. The van der Waals surface area contributed by atoms with E-state index in [-0.39, 0.29) is 5.91 Å². The number of amides is 1. The molecule has 1 amide bonds. The topological polar surface area (TPSA) is 54.4 Å². The summed E-state index contributed by atoms with van der Waals surface area (Å²) < 4.78 is 0. The van der Waals surface area contributed by atoms with Crippen molar-refractivity contribution in [1.29, 1.82) is 0 Å². The van der Waals surface area contributed by atoms with Crippen molar-refractivity contribution in [2.75, 3.05) is 5.32 Å². The van der Waals surface area contributed by atoms with Gasteiger partial charge in [-0.05, 0) is 36.6 Å². The molecule has 0 fully saturated rings. The standard InChI is InChI=1S/C17H17N3O/c1-12-6-8-16(18-11-12)20-17(21)9-7-14-10-13-4-2-3-5-15(13)19-14/h2-6,8,11H,7,9-10H2,1H3,(H,18,20,21). The molecule has 1 N–H and O–H groups in total. The molecule has 0 unspecified atom stereocenters. The first-order chi connectivity index (χ1) is 10.2. The second-order valence-electron chi connectivity index (χ2n) is 5.25. The van der Waals surface area contributed by atoms with E-state index in [0.717, 1.165) is 23.4 Å². The third-order valence-electron chi connectivity index (χ3n) is 3.48. The monoisotopic (exact) mass is 279 g/mol. The summed E-state index contributed by atoms with van der Waals surface area (Å²) in [5.41, 5.74) is 4.43. The van der Waals surface area contributed by atoms with Gasteiger partial charge >= 0.3 is 0 Å². The lowest BCUT2D eigenvalue weighted by molar-refractivity contribution is -0.116. The van der Waals surface area contributed by atoms with E-state index in [1.807, 2.05) is 37.3 Å². The SMILES string of the molecule is Cc1ccc(NC(=O)CCC2=Nc3ccccc3C2)nc1. The van der Waals surface area contributed by atoms with Gasteiger partial charge in [-0.1, -0.05) is 24.3 Å². The lowest BCUT2D eigenvalue weighted by Crippen LogP contribution is -2.14. The molecule has 1 aromatic heterocycles. The Hall–Kier alpha value is -2.49. The molecule has 0 radical (unpaired) electrons. The second-order valence-corrected chi connectivity index (χ2v) is 5.25. The molecule has 0 saturated carbocycles. The molecular formula is C17H17N3O. The first-order valence-corrected chi connectivity index (χ1v) is 7.07. The van der Waals surface area contributed by atoms with Crippen LogP contribution in [0, 0.1) is 6.92 Å². The van der Waals surface area contributed by atoms with Gasteiger partial charge < -0.3 is 5.32 Å². The molecule has 1 aliphatic heterocycles. The van der Waals surface area contributed by atoms with Gasteiger partial charge in [0, 0.05) is 24.8 Å². The zero-order valence-corrected chi connectivity index (χ0v) is 12.0. The van der Waals surface area contributed by atoms with E-state index in [1.165, 1.54) is 5.56 Å². The van der Waals surface area contributed by atoms with Crippen molar-refractivity contribution in [1.82, 2.24) is 4.98 Å². The highest BCUT2D eigenvalue weighted by atomic mass is 16.1. The Labute approximate surface area is 123 Å². The predicted molar refractivity (Wildman–Crippen MR) is 84.1 cm³/mol. The van der Waals surface area contributed by atoms with Crippen LogP contribution in [0.1, 0.15) is 24.0 Å². The summed E-state index contributed by atoms with van der Waals surface area (Å²) in [6, 6.07) is 11.9. The average Bonchev–Trinajstić information content (AvgIpc) is 2.90. The van der Waals surface area contributed by atoms with Crippen LogP contribution in [0.3, 0.4) is 0 Å². The van der Waals surface area contributed by atoms with Gasteiger partial charge in [0.15, 0.2) is 0 Å². The minimum atomic E-state index is -0.0231. The highest BCUT2D eigenvalue weighted by Crippen LogP contribution is 2.27. The zero-order valence-electron chi connectivity index (χ0n) is 12.0. The van der Waals surface area contributed by atoms with Crippen LogP contribution in [0.2, 0.25) is 0 Å². The number of aryl methyl sites for hydroxylation is 1. The summed E-state index contributed by atoms with van der Waals surface area (Å²) in [4.78, 5) is 20.7. The number of para-hydroxylation sites is 1. The van der Waals surface area contributed by atoms with Crippen LogP contribution in [-0.4, -0.2) is 16.6 Å². The number of aromatic nitrogens is 1. The van der Waals surface area contributed by atoms with E-state index in [2.05, 4.69) is 21.4 Å². The number of hydrogen-bond acceptors (Lipinski definition) is 3. The predicted octanol–water partition coefficient (Wildman–Crippen LogP) is 3.44. The fraction of sp³-hybridized carbons (Fsp3) is 0.235. The van der Waals surface area contributed by atoms with Crippen molar-refractivity contribution in [3.05, 3.63) is 53.7 Å². The highest BCUT2D eigenvalue weighted by molar-refractivity contribution is 5.98. The number of aliphatic imine (C=N–C) groups is 1. The number of nitrogens with zero attached hydrogens (tertiary/aromatic N) is 2. The van der Waals surface area contributed by atoms with Crippen LogP contribution >= 0.6 is 0 Å². The Morgan fingerprint density at radius 3 is 2.86 bits per heavy atom. The molecule has 4 heteroatoms. The van der Waals surface area contributed by atoms with Crippen molar-refractivity contribution in [3.63, 3.8) is 0 Å². The van der Waals surface area contributed by atoms with E-state index >= 15 is 0 Å². The fourth-order valence-electron chi connectivity index (χ4n) is 2.35. The van der Waals surface area contributed by atoms with Crippen LogP contribution in [0.25, 0.3) is 0 Å². The number of carbonyl (C=O) groups is 1. The molecule has 2 heterocycles. The first-order valence-electron chi connectivity index (χ1n) is 7.07. The van der Waals surface area contributed by atoms with Crippen LogP contribution in [0.4, 0.5) is 11.5 Å². The van der Waals surface area contributed by atoms with Gasteiger partial charge in [-0.3, -0.25) is 9.79 Å². The Morgan fingerprint density at radius 2 is 2.10 bits per heavy atom. The first kappa shape index (κ1) is 13.5. The van der Waals surface area contributed by atoms with Crippen molar-refractivity contribution in [2.45, 2.75) is 26.2 Å². The van der Waals surface area contributed by atoms with Crippen molar-refractivity contribution in [3.8, 4) is 0 Å². The Morgan fingerprint density at radius 1 is 1.24 bits per heavy atom. The average molecular weight is 279 g/mol. The molecule has 21 heavy (non-hydrogen) atoms. The molecular weight excluding hydrogens is 262 g/mol. The van der Waals surface area contributed by atoms with E-state index in [1.54, 1.807) is 6.20 Å². The number of pyridine rings is 1. The lowest BCUT2D eigenvalue weighted by Gasteiger charge is -2.04. The van der Waals surface area contributed by atoms with Gasteiger partial charge in [-0.25, -0.2) is 4.98 Å². The van der Waals surface area contributed by atoms with Gasteiger partial charge in [0.05, 0.1) is 5.69 Å². The normalized spacial score (nSPS) is 12.7. The maximum absolute atomic E-state index is 11.9. The lowest BCUT2D eigenvalue weighted by atomic mass is 10.1. The molecule has 1 aliphatic rings. The number of hydrogen-bond donors (Lipinski definition) is 1. The molecule has 0 saturated heterocycles. The molecule has 4 nitrogen and oxygen atoms in total. The zero-order chi connectivity index (χ0) is 14.7. The number of rotatable bonds is 4. The van der Waals surface area contributed by atoms with Gasteiger partial charge in [0.25, 0.3) is 0 Å². The van der Waals surface area contributed by atoms with Crippen LogP contribution < -0.4 is 5.32 Å². The van der Waals surface area contributed by atoms with Crippen LogP contribution in [0.15, 0.2) is 47.6 Å². The Bertz CT molecular complexity index is 689. The molecule has 0 spiro atoms. The molecule has 0 atom stereocenters. The number of benzene rings is 1. The second kappa shape index (κ2) is 5.87. The summed E-state index contributed by atoms with van der Waals surface area (Å²) in [5, 5.41) is 2.81. The van der Waals surface area contributed by atoms with E-state index < -0.39 is 0 Å². The minimum absolute atomic E-state index is 0.0231.